The van der Waals surface area contributed by atoms with Gasteiger partial charge < -0.3 is 14.7 Å². The monoisotopic (exact) mass is 267 g/mol. The number of para-hydroxylation sites is 1. The Morgan fingerprint density at radius 3 is 2.56 bits per heavy atom. The van der Waals surface area contributed by atoms with Gasteiger partial charge in [-0.05, 0) is 12.1 Å². The SMILES string of the molecule is CN1CC2CN(c3ccccc3)CCN2C1=O.Cl. The van der Waals surface area contributed by atoms with Gasteiger partial charge in [0, 0.05) is 38.9 Å². The molecule has 1 aromatic carbocycles. The molecule has 98 valence electrons. The molecular formula is C13H18ClN3O. The minimum absolute atomic E-state index is 0. The topological polar surface area (TPSA) is 26.8 Å². The summed E-state index contributed by atoms with van der Waals surface area (Å²) >= 11 is 0. The van der Waals surface area contributed by atoms with Crippen molar-refractivity contribution in [1.29, 1.82) is 0 Å². The van der Waals surface area contributed by atoms with Crippen LogP contribution in [0.2, 0.25) is 0 Å². The van der Waals surface area contributed by atoms with Crippen molar-refractivity contribution in [2.75, 3.05) is 38.1 Å². The van der Waals surface area contributed by atoms with Gasteiger partial charge in [-0.25, -0.2) is 4.79 Å². The smallest absolute Gasteiger partial charge is 0.320 e. The summed E-state index contributed by atoms with van der Waals surface area (Å²) in [6, 6.07) is 11.0. The fourth-order valence-electron chi connectivity index (χ4n) is 2.75. The molecule has 1 atom stereocenters. The van der Waals surface area contributed by atoms with Crippen molar-refractivity contribution >= 4 is 24.1 Å². The van der Waals surface area contributed by atoms with Crippen molar-refractivity contribution in [3.05, 3.63) is 30.3 Å². The van der Waals surface area contributed by atoms with E-state index in [2.05, 4.69) is 29.2 Å². The quantitative estimate of drug-likeness (QED) is 0.774. The Kier molecular flexibility index (Phi) is 3.66. The van der Waals surface area contributed by atoms with Crippen LogP contribution in [0.1, 0.15) is 0 Å². The number of halogens is 1. The highest BCUT2D eigenvalue weighted by molar-refractivity contribution is 5.85. The predicted molar refractivity (Wildman–Crippen MR) is 74.4 cm³/mol. The second kappa shape index (κ2) is 5.06. The van der Waals surface area contributed by atoms with E-state index in [1.807, 2.05) is 22.9 Å². The maximum atomic E-state index is 11.8. The van der Waals surface area contributed by atoms with Crippen molar-refractivity contribution in [3.63, 3.8) is 0 Å². The first-order valence-electron chi connectivity index (χ1n) is 6.07. The highest BCUT2D eigenvalue weighted by Crippen LogP contribution is 2.23. The normalized spacial score (nSPS) is 22.8. The molecule has 2 heterocycles. The van der Waals surface area contributed by atoms with Crippen molar-refractivity contribution in [3.8, 4) is 0 Å². The molecule has 0 radical (unpaired) electrons. The fourth-order valence-corrected chi connectivity index (χ4v) is 2.75. The van der Waals surface area contributed by atoms with Crippen LogP contribution in [0.15, 0.2) is 30.3 Å². The highest BCUT2D eigenvalue weighted by atomic mass is 35.5. The number of likely N-dealkylation sites (N-methyl/N-ethyl adjacent to an activating group) is 1. The number of carbonyl (C=O) groups excluding carboxylic acids is 1. The van der Waals surface area contributed by atoms with Crippen LogP contribution in [0, 0.1) is 0 Å². The number of urea groups is 1. The molecule has 5 heteroatoms. The number of fused-ring (bicyclic) bond motifs is 1. The average Bonchev–Trinajstić information content (AvgIpc) is 2.66. The zero-order chi connectivity index (χ0) is 11.8. The van der Waals surface area contributed by atoms with E-state index in [4.69, 9.17) is 0 Å². The first-order chi connectivity index (χ1) is 8.25. The van der Waals surface area contributed by atoms with Crippen LogP contribution in [0.25, 0.3) is 0 Å². The molecule has 1 aromatic rings. The number of amides is 2. The van der Waals surface area contributed by atoms with Gasteiger partial charge in [0.2, 0.25) is 0 Å². The van der Waals surface area contributed by atoms with Gasteiger partial charge in [0.25, 0.3) is 0 Å². The second-order valence-electron chi connectivity index (χ2n) is 4.79. The molecule has 2 amide bonds. The van der Waals surface area contributed by atoms with Gasteiger partial charge in [0.15, 0.2) is 0 Å². The minimum atomic E-state index is 0. The molecule has 2 aliphatic heterocycles. The summed E-state index contributed by atoms with van der Waals surface area (Å²) in [5.74, 6) is 0. The van der Waals surface area contributed by atoms with Crippen molar-refractivity contribution in [2.45, 2.75) is 6.04 Å². The first kappa shape index (κ1) is 13.0. The van der Waals surface area contributed by atoms with E-state index >= 15 is 0 Å². The van der Waals surface area contributed by atoms with Gasteiger partial charge in [-0.15, -0.1) is 12.4 Å². The molecule has 2 aliphatic rings. The van der Waals surface area contributed by atoms with Crippen molar-refractivity contribution < 1.29 is 4.79 Å². The zero-order valence-electron chi connectivity index (χ0n) is 10.5. The summed E-state index contributed by atoms with van der Waals surface area (Å²) in [6.07, 6.45) is 0. The molecule has 18 heavy (non-hydrogen) atoms. The Labute approximate surface area is 114 Å². The number of anilines is 1. The number of hydrogen-bond donors (Lipinski definition) is 0. The predicted octanol–water partition coefficient (Wildman–Crippen LogP) is 1.66. The van der Waals surface area contributed by atoms with E-state index in [0.29, 0.717) is 6.04 Å². The van der Waals surface area contributed by atoms with Gasteiger partial charge in [0.05, 0.1) is 6.04 Å². The summed E-state index contributed by atoms with van der Waals surface area (Å²) in [5.41, 5.74) is 1.26. The molecule has 2 fully saturated rings. The van der Waals surface area contributed by atoms with Crippen molar-refractivity contribution in [2.24, 2.45) is 0 Å². The number of benzene rings is 1. The molecule has 4 nitrogen and oxygen atoms in total. The molecule has 0 N–H and O–H groups in total. The maximum Gasteiger partial charge on any atom is 0.320 e. The van der Waals surface area contributed by atoms with Crippen molar-refractivity contribution in [1.82, 2.24) is 9.80 Å². The first-order valence-corrected chi connectivity index (χ1v) is 6.07. The van der Waals surface area contributed by atoms with Crippen LogP contribution in [-0.4, -0.2) is 55.1 Å². The van der Waals surface area contributed by atoms with Crippen LogP contribution < -0.4 is 4.90 Å². The lowest BCUT2D eigenvalue weighted by atomic mass is 10.1. The number of carbonyl (C=O) groups is 1. The number of nitrogens with zero attached hydrogens (tertiary/aromatic N) is 3. The average molecular weight is 268 g/mol. The Morgan fingerprint density at radius 2 is 1.83 bits per heavy atom. The summed E-state index contributed by atoms with van der Waals surface area (Å²) in [4.78, 5) is 18.0. The lowest BCUT2D eigenvalue weighted by Crippen LogP contribution is -2.52. The largest absolute Gasteiger partial charge is 0.368 e. The Balaban J connectivity index is 0.00000120. The fraction of sp³-hybridized carbons (Fsp3) is 0.462. The molecule has 2 saturated heterocycles. The Bertz CT molecular complexity index is 426. The van der Waals surface area contributed by atoms with Crippen LogP contribution in [0.4, 0.5) is 10.5 Å². The van der Waals surface area contributed by atoms with Crippen LogP contribution >= 0.6 is 12.4 Å². The molecule has 0 aliphatic carbocycles. The summed E-state index contributed by atoms with van der Waals surface area (Å²) in [7, 11) is 1.88. The standard InChI is InChI=1S/C13H17N3O.ClH/c1-14-9-12-10-15(7-8-16(12)13(14)17)11-5-3-2-4-6-11;/h2-6,12H,7-10H2,1H3;1H. The third-order valence-electron chi connectivity index (χ3n) is 3.66. The molecule has 0 saturated carbocycles. The van der Waals surface area contributed by atoms with E-state index in [9.17, 15) is 4.79 Å². The summed E-state index contributed by atoms with van der Waals surface area (Å²) in [5, 5.41) is 0. The molecule has 3 rings (SSSR count). The van der Waals surface area contributed by atoms with Crippen LogP contribution in [0.3, 0.4) is 0 Å². The zero-order valence-corrected chi connectivity index (χ0v) is 11.3. The highest BCUT2D eigenvalue weighted by Gasteiger charge is 2.38. The van der Waals surface area contributed by atoms with E-state index in [1.165, 1.54) is 5.69 Å². The second-order valence-corrected chi connectivity index (χ2v) is 4.79. The van der Waals surface area contributed by atoms with Gasteiger partial charge in [-0.3, -0.25) is 0 Å². The summed E-state index contributed by atoms with van der Waals surface area (Å²) < 4.78 is 0. The van der Waals surface area contributed by atoms with Gasteiger partial charge in [-0.2, -0.15) is 0 Å². The van der Waals surface area contributed by atoms with Gasteiger partial charge in [0.1, 0.15) is 0 Å². The Morgan fingerprint density at radius 1 is 1.11 bits per heavy atom. The van der Waals surface area contributed by atoms with E-state index in [0.717, 1.165) is 26.2 Å². The minimum Gasteiger partial charge on any atom is -0.368 e. The summed E-state index contributed by atoms with van der Waals surface area (Å²) in [6.45, 7) is 3.56. The van der Waals surface area contributed by atoms with E-state index in [1.54, 1.807) is 0 Å². The number of rotatable bonds is 1. The van der Waals surface area contributed by atoms with Crippen LogP contribution in [-0.2, 0) is 0 Å². The molecule has 0 spiro atoms. The van der Waals surface area contributed by atoms with Gasteiger partial charge >= 0.3 is 6.03 Å². The van der Waals surface area contributed by atoms with E-state index < -0.39 is 0 Å². The molecule has 0 bridgehead atoms. The lowest BCUT2D eigenvalue weighted by molar-refractivity contribution is 0.187. The third kappa shape index (κ3) is 2.12. The van der Waals surface area contributed by atoms with E-state index in [-0.39, 0.29) is 18.4 Å². The maximum absolute atomic E-state index is 11.8. The molecule has 1 unspecified atom stereocenters. The third-order valence-corrected chi connectivity index (χ3v) is 3.66. The Hall–Kier alpha value is -1.42. The molecule has 0 aromatic heterocycles. The lowest BCUT2D eigenvalue weighted by Gasteiger charge is -2.37. The molecular weight excluding hydrogens is 250 g/mol. The number of piperazine rings is 1. The number of hydrogen-bond acceptors (Lipinski definition) is 2. The van der Waals surface area contributed by atoms with Gasteiger partial charge in [-0.1, -0.05) is 18.2 Å². The van der Waals surface area contributed by atoms with Crippen LogP contribution in [0.5, 0.6) is 0 Å².